The van der Waals surface area contributed by atoms with Gasteiger partial charge in [0.05, 0.1) is 19.1 Å². The summed E-state index contributed by atoms with van der Waals surface area (Å²) in [5.41, 5.74) is 0.712. The van der Waals surface area contributed by atoms with Crippen LogP contribution in [-0.2, 0) is 6.54 Å². The Bertz CT molecular complexity index is 1430. The summed E-state index contributed by atoms with van der Waals surface area (Å²) in [6.45, 7) is 6.59. The van der Waals surface area contributed by atoms with Crippen molar-refractivity contribution in [3.63, 3.8) is 0 Å². The maximum absolute atomic E-state index is 14.1. The highest BCUT2D eigenvalue weighted by Gasteiger charge is 2.44. The zero-order valence-corrected chi connectivity index (χ0v) is 20.8. The average molecular weight is 534 g/mol. The number of hydrogen-bond donors (Lipinski definition) is 0. The molecule has 1 aromatic heterocycles. The molecule has 0 fully saturated rings. The number of rotatable bonds is 6. The molecule has 38 heavy (non-hydrogen) atoms. The molecule has 0 aliphatic carbocycles. The molecule has 0 N–H and O–H groups in total. The van der Waals surface area contributed by atoms with Gasteiger partial charge in [-0.15, -0.1) is 13.2 Å². The van der Waals surface area contributed by atoms with Gasteiger partial charge in [-0.25, -0.2) is 18.8 Å². The number of aliphatic imine (C=N–C) groups is 1. The molecule has 3 heterocycles. The van der Waals surface area contributed by atoms with Gasteiger partial charge in [0.15, 0.2) is 17.3 Å². The fraction of sp³-hybridized carbons (Fsp3) is 0.346. The summed E-state index contributed by atoms with van der Waals surface area (Å²) in [6.07, 6.45) is -4.90. The van der Waals surface area contributed by atoms with Crippen LogP contribution in [0.1, 0.15) is 36.8 Å². The average Bonchev–Trinajstić information content (AvgIpc) is 3.44. The Balaban J connectivity index is 1.70. The van der Waals surface area contributed by atoms with Crippen LogP contribution < -0.4 is 9.64 Å². The first-order valence-corrected chi connectivity index (χ1v) is 12.0. The Morgan fingerprint density at radius 3 is 2.53 bits per heavy atom. The summed E-state index contributed by atoms with van der Waals surface area (Å²) in [6, 6.07) is 8.55. The lowest BCUT2D eigenvalue weighted by Crippen LogP contribution is -2.50. The monoisotopic (exact) mass is 533 g/mol. The molecule has 0 saturated carbocycles. The Morgan fingerprint density at radius 2 is 1.87 bits per heavy atom. The van der Waals surface area contributed by atoms with Gasteiger partial charge < -0.3 is 9.30 Å². The van der Waals surface area contributed by atoms with Gasteiger partial charge in [-0.3, -0.25) is 14.6 Å². The number of alkyl halides is 3. The Labute approximate surface area is 215 Å². The number of fused-ring (bicyclic) bond motifs is 3. The lowest BCUT2D eigenvalue weighted by Gasteiger charge is -2.33. The molecule has 200 valence electrons. The van der Waals surface area contributed by atoms with Crippen LogP contribution >= 0.6 is 0 Å². The highest BCUT2D eigenvalue weighted by atomic mass is 19.4. The van der Waals surface area contributed by atoms with E-state index in [1.165, 1.54) is 29.2 Å². The second kappa shape index (κ2) is 9.41. The van der Waals surface area contributed by atoms with E-state index >= 15 is 0 Å². The van der Waals surface area contributed by atoms with Crippen molar-refractivity contribution in [2.75, 3.05) is 18.0 Å². The minimum Gasteiger partial charge on any atom is -0.406 e. The van der Waals surface area contributed by atoms with E-state index in [1.807, 2.05) is 25.7 Å². The molecule has 5 rings (SSSR count). The number of guanidine groups is 1. The highest BCUT2D eigenvalue weighted by Crippen LogP contribution is 2.38. The third-order valence-corrected chi connectivity index (χ3v) is 6.51. The van der Waals surface area contributed by atoms with Crippen molar-refractivity contribution in [1.82, 2.24) is 14.5 Å². The van der Waals surface area contributed by atoms with Crippen LogP contribution in [0.4, 0.5) is 27.8 Å². The first-order valence-electron chi connectivity index (χ1n) is 12.0. The van der Waals surface area contributed by atoms with Crippen LogP contribution in [0.2, 0.25) is 0 Å². The number of benzene rings is 2. The third-order valence-electron chi connectivity index (χ3n) is 6.51. The normalized spacial score (nSPS) is 17.1. The van der Waals surface area contributed by atoms with Gasteiger partial charge in [0.25, 0.3) is 5.91 Å². The summed E-state index contributed by atoms with van der Waals surface area (Å²) in [7, 11) is 0. The predicted molar refractivity (Wildman–Crippen MR) is 130 cm³/mol. The highest BCUT2D eigenvalue weighted by molar-refractivity contribution is 6.18. The molecule has 0 saturated heterocycles. The summed E-state index contributed by atoms with van der Waals surface area (Å²) >= 11 is 0. The lowest BCUT2D eigenvalue weighted by molar-refractivity contribution is -0.274. The van der Waals surface area contributed by atoms with Gasteiger partial charge in [-0.2, -0.15) is 0 Å². The van der Waals surface area contributed by atoms with Crippen LogP contribution in [0.5, 0.6) is 5.75 Å². The molecular weight excluding hydrogens is 509 g/mol. The van der Waals surface area contributed by atoms with E-state index in [9.17, 15) is 26.7 Å². The van der Waals surface area contributed by atoms with Crippen molar-refractivity contribution in [2.24, 2.45) is 10.9 Å². The first kappa shape index (κ1) is 25.7. The SMILES string of the molecule is CCN1C(=O)c2nc(-c3cccc(OC(F)(F)F)c3)n(Cc3ccc(F)c(F)c3)c2N2C[C@@H](C(C)C)N=C12. The fourth-order valence-electron chi connectivity index (χ4n) is 4.67. The van der Waals surface area contributed by atoms with Gasteiger partial charge in [0.1, 0.15) is 17.4 Å². The molecule has 2 aliphatic rings. The standard InChI is InChI=1S/C26H24F5N5O2/c1-4-34-24(37)21-23(36-13-20(14(2)3)32-25(34)36)35(12-15-8-9-18(27)19(28)10-15)22(33-21)16-6-5-7-17(11-16)38-26(29,30)31/h5-11,14,20H,4,12-13H2,1-3H3/t20-/m0/s1. The number of imidazole rings is 1. The van der Waals surface area contributed by atoms with Crippen LogP contribution in [0, 0.1) is 17.6 Å². The summed E-state index contributed by atoms with van der Waals surface area (Å²) in [5, 5.41) is 0. The molecule has 2 aromatic carbocycles. The second-order valence-electron chi connectivity index (χ2n) is 9.42. The second-order valence-corrected chi connectivity index (χ2v) is 9.42. The van der Waals surface area contributed by atoms with Crippen molar-refractivity contribution in [2.45, 2.75) is 39.7 Å². The number of halogens is 5. The van der Waals surface area contributed by atoms with Crippen LogP contribution in [0.25, 0.3) is 11.4 Å². The third kappa shape index (κ3) is 4.59. The van der Waals surface area contributed by atoms with E-state index in [4.69, 9.17) is 4.99 Å². The lowest BCUT2D eigenvalue weighted by atomic mass is 10.1. The van der Waals surface area contributed by atoms with Gasteiger partial charge in [-0.1, -0.05) is 32.0 Å². The largest absolute Gasteiger partial charge is 0.573 e. The zero-order valence-electron chi connectivity index (χ0n) is 20.8. The maximum atomic E-state index is 14.1. The molecule has 3 aromatic rings. The molecule has 0 radical (unpaired) electrons. The number of amides is 1. The molecule has 0 spiro atoms. The Morgan fingerprint density at radius 1 is 1.11 bits per heavy atom. The van der Waals surface area contributed by atoms with Crippen LogP contribution in [0.3, 0.4) is 0 Å². The number of carbonyl (C=O) groups is 1. The summed E-state index contributed by atoms with van der Waals surface area (Å²) < 4.78 is 72.1. The molecule has 7 nitrogen and oxygen atoms in total. The summed E-state index contributed by atoms with van der Waals surface area (Å²) in [5.74, 6) is -1.74. The molecule has 2 aliphatic heterocycles. The van der Waals surface area contributed by atoms with Gasteiger partial charge in [0.2, 0.25) is 5.96 Å². The molecule has 12 heteroatoms. The number of ether oxygens (including phenoxy) is 1. The van der Waals surface area contributed by atoms with E-state index in [2.05, 4.69) is 9.72 Å². The smallest absolute Gasteiger partial charge is 0.406 e. The van der Waals surface area contributed by atoms with Crippen molar-refractivity contribution >= 4 is 17.7 Å². The number of anilines is 1. The zero-order chi connectivity index (χ0) is 27.4. The molecule has 0 unspecified atom stereocenters. The van der Waals surface area contributed by atoms with E-state index < -0.39 is 29.7 Å². The van der Waals surface area contributed by atoms with Crippen molar-refractivity contribution in [1.29, 1.82) is 0 Å². The molecular formula is C26H24F5N5O2. The van der Waals surface area contributed by atoms with E-state index in [0.717, 1.165) is 18.2 Å². The Hall–Kier alpha value is -3.96. The molecule has 1 atom stereocenters. The van der Waals surface area contributed by atoms with Gasteiger partial charge in [-0.05, 0) is 42.7 Å². The minimum absolute atomic E-state index is 0.0330. The first-order chi connectivity index (χ1) is 18.0. The minimum atomic E-state index is -4.90. The molecule has 1 amide bonds. The molecule has 0 bridgehead atoms. The fourth-order valence-corrected chi connectivity index (χ4v) is 4.67. The number of carbonyl (C=O) groups excluding carboxylic acids is 1. The van der Waals surface area contributed by atoms with E-state index in [1.54, 1.807) is 4.57 Å². The van der Waals surface area contributed by atoms with Gasteiger partial charge >= 0.3 is 6.36 Å². The van der Waals surface area contributed by atoms with Gasteiger partial charge in [0, 0.05) is 12.1 Å². The van der Waals surface area contributed by atoms with Crippen LogP contribution in [0.15, 0.2) is 47.5 Å². The number of hydrogen-bond acceptors (Lipinski definition) is 5. The Kier molecular flexibility index (Phi) is 6.36. The van der Waals surface area contributed by atoms with Crippen LogP contribution in [-0.4, -0.2) is 51.8 Å². The topological polar surface area (TPSA) is 63.0 Å². The van der Waals surface area contributed by atoms with Crippen molar-refractivity contribution < 1.29 is 31.5 Å². The van der Waals surface area contributed by atoms with Crippen molar-refractivity contribution in [3.8, 4) is 17.1 Å². The number of nitrogens with zero attached hydrogens (tertiary/aromatic N) is 5. The van der Waals surface area contributed by atoms with E-state index in [-0.39, 0.29) is 35.6 Å². The number of aromatic nitrogens is 2. The summed E-state index contributed by atoms with van der Waals surface area (Å²) in [4.78, 5) is 26.2. The predicted octanol–water partition coefficient (Wildman–Crippen LogP) is 5.45. The van der Waals surface area contributed by atoms with E-state index in [0.29, 0.717) is 30.4 Å². The van der Waals surface area contributed by atoms with Crippen molar-refractivity contribution in [3.05, 3.63) is 65.4 Å². The maximum Gasteiger partial charge on any atom is 0.573 e. The quantitative estimate of drug-likeness (QED) is 0.396.